The molecule has 1 heterocycles. The van der Waals surface area contributed by atoms with Crippen molar-refractivity contribution in [3.8, 4) is 0 Å². The van der Waals surface area contributed by atoms with Crippen molar-refractivity contribution < 1.29 is 0 Å². The molecule has 0 amide bonds. The van der Waals surface area contributed by atoms with Crippen LogP contribution in [0.15, 0.2) is 12.3 Å². The third-order valence-electron chi connectivity index (χ3n) is 1.93. The van der Waals surface area contributed by atoms with Gasteiger partial charge in [0.2, 0.25) is 5.95 Å². The van der Waals surface area contributed by atoms with Gasteiger partial charge in [0.25, 0.3) is 0 Å². The second-order valence-corrected chi connectivity index (χ2v) is 4.33. The summed E-state index contributed by atoms with van der Waals surface area (Å²) in [5, 5.41) is 3.28. The second kappa shape index (κ2) is 5.86. The molecule has 1 N–H and O–H groups in total. The van der Waals surface area contributed by atoms with Crippen molar-refractivity contribution >= 4 is 17.7 Å². The van der Waals surface area contributed by atoms with E-state index in [1.54, 1.807) is 6.20 Å². The SMILES string of the molecule is CSCCC(C)Nc1nccc(C)n1. The third kappa shape index (κ3) is 3.96. The predicted octanol–water partition coefficient (Wildman–Crippen LogP) is 2.34. The van der Waals surface area contributed by atoms with E-state index in [0.29, 0.717) is 6.04 Å². The molecule has 0 aliphatic rings. The summed E-state index contributed by atoms with van der Waals surface area (Å²) in [5.74, 6) is 1.90. The van der Waals surface area contributed by atoms with Crippen LogP contribution in [0.5, 0.6) is 0 Å². The number of thioether (sulfide) groups is 1. The molecule has 14 heavy (non-hydrogen) atoms. The van der Waals surface area contributed by atoms with Crippen LogP contribution in [0.25, 0.3) is 0 Å². The van der Waals surface area contributed by atoms with E-state index in [9.17, 15) is 0 Å². The van der Waals surface area contributed by atoms with Gasteiger partial charge >= 0.3 is 0 Å². The molecule has 1 rings (SSSR count). The summed E-state index contributed by atoms with van der Waals surface area (Å²) >= 11 is 1.86. The normalized spacial score (nSPS) is 12.5. The molecule has 0 saturated carbocycles. The third-order valence-corrected chi connectivity index (χ3v) is 2.57. The lowest BCUT2D eigenvalue weighted by Gasteiger charge is -2.12. The van der Waals surface area contributed by atoms with Gasteiger partial charge in [0, 0.05) is 17.9 Å². The molecule has 0 aliphatic carbocycles. The Balaban J connectivity index is 2.43. The molecule has 0 spiro atoms. The zero-order valence-corrected chi connectivity index (χ0v) is 9.77. The molecule has 3 nitrogen and oxygen atoms in total. The monoisotopic (exact) mass is 211 g/mol. The zero-order valence-electron chi connectivity index (χ0n) is 8.95. The standard InChI is InChI=1S/C10H17N3S/c1-8-4-6-11-10(12-8)13-9(2)5-7-14-3/h4,6,9H,5,7H2,1-3H3,(H,11,12,13). The molecule has 0 aromatic carbocycles. The fourth-order valence-corrected chi connectivity index (χ4v) is 1.69. The molecule has 1 aromatic rings. The number of aromatic nitrogens is 2. The molecule has 0 radical (unpaired) electrons. The van der Waals surface area contributed by atoms with Crippen LogP contribution >= 0.6 is 11.8 Å². The van der Waals surface area contributed by atoms with E-state index in [0.717, 1.165) is 18.1 Å². The molecule has 1 atom stereocenters. The smallest absolute Gasteiger partial charge is 0.223 e. The van der Waals surface area contributed by atoms with Gasteiger partial charge in [0.15, 0.2) is 0 Å². The van der Waals surface area contributed by atoms with Crippen LogP contribution in [0, 0.1) is 6.92 Å². The number of hydrogen-bond acceptors (Lipinski definition) is 4. The van der Waals surface area contributed by atoms with Crippen molar-refractivity contribution in [2.45, 2.75) is 26.3 Å². The number of nitrogens with one attached hydrogen (secondary N) is 1. The molecule has 1 aromatic heterocycles. The van der Waals surface area contributed by atoms with Crippen molar-refractivity contribution in [3.63, 3.8) is 0 Å². The lowest BCUT2D eigenvalue weighted by atomic mass is 10.3. The van der Waals surface area contributed by atoms with E-state index in [4.69, 9.17) is 0 Å². The van der Waals surface area contributed by atoms with Crippen molar-refractivity contribution in [1.29, 1.82) is 0 Å². The summed E-state index contributed by atoms with van der Waals surface area (Å²) < 4.78 is 0. The molecule has 1 unspecified atom stereocenters. The van der Waals surface area contributed by atoms with E-state index in [2.05, 4.69) is 28.5 Å². The van der Waals surface area contributed by atoms with Gasteiger partial charge in [0.1, 0.15) is 0 Å². The van der Waals surface area contributed by atoms with Crippen LogP contribution in [0.4, 0.5) is 5.95 Å². The Labute approximate surface area is 89.7 Å². The maximum absolute atomic E-state index is 4.29. The lowest BCUT2D eigenvalue weighted by Crippen LogP contribution is -2.17. The fourth-order valence-electron chi connectivity index (χ4n) is 1.11. The minimum absolute atomic E-state index is 0.434. The minimum atomic E-state index is 0.434. The average molecular weight is 211 g/mol. The average Bonchev–Trinajstić information content (AvgIpc) is 2.15. The Morgan fingerprint density at radius 2 is 2.36 bits per heavy atom. The number of nitrogens with zero attached hydrogens (tertiary/aromatic N) is 2. The second-order valence-electron chi connectivity index (χ2n) is 3.35. The number of aryl methyl sites for hydroxylation is 1. The van der Waals surface area contributed by atoms with Gasteiger partial charge in [-0.15, -0.1) is 0 Å². The summed E-state index contributed by atoms with van der Waals surface area (Å²) in [6, 6.07) is 2.34. The highest BCUT2D eigenvalue weighted by Gasteiger charge is 2.02. The molecular formula is C10H17N3S. The first kappa shape index (κ1) is 11.3. The number of rotatable bonds is 5. The van der Waals surface area contributed by atoms with E-state index >= 15 is 0 Å². The molecule has 78 valence electrons. The van der Waals surface area contributed by atoms with Gasteiger partial charge in [-0.25, -0.2) is 9.97 Å². The van der Waals surface area contributed by atoms with Gasteiger partial charge in [-0.05, 0) is 38.3 Å². The van der Waals surface area contributed by atoms with Gasteiger partial charge < -0.3 is 5.32 Å². The number of anilines is 1. The van der Waals surface area contributed by atoms with Gasteiger partial charge in [-0.1, -0.05) is 0 Å². The van der Waals surface area contributed by atoms with E-state index in [-0.39, 0.29) is 0 Å². The minimum Gasteiger partial charge on any atom is -0.352 e. The first-order chi connectivity index (χ1) is 6.72. The van der Waals surface area contributed by atoms with Crippen LogP contribution in [0.3, 0.4) is 0 Å². The van der Waals surface area contributed by atoms with Crippen LogP contribution in [-0.4, -0.2) is 28.0 Å². The molecule has 0 saturated heterocycles. The maximum atomic E-state index is 4.29. The van der Waals surface area contributed by atoms with Crippen molar-refractivity contribution in [2.24, 2.45) is 0 Å². The summed E-state index contributed by atoms with van der Waals surface area (Å²) in [5.41, 5.74) is 1.000. The Bertz CT molecular complexity index is 278. The fraction of sp³-hybridized carbons (Fsp3) is 0.600. The summed E-state index contributed by atoms with van der Waals surface area (Å²) in [7, 11) is 0. The topological polar surface area (TPSA) is 37.8 Å². The summed E-state index contributed by atoms with van der Waals surface area (Å²) in [6.07, 6.45) is 5.04. The van der Waals surface area contributed by atoms with Crippen LogP contribution in [-0.2, 0) is 0 Å². The molecule has 4 heteroatoms. The lowest BCUT2D eigenvalue weighted by molar-refractivity contribution is 0.759. The molecule has 0 bridgehead atoms. The molecular weight excluding hydrogens is 194 g/mol. The first-order valence-corrected chi connectivity index (χ1v) is 6.17. The highest BCUT2D eigenvalue weighted by molar-refractivity contribution is 7.98. The summed E-state index contributed by atoms with van der Waals surface area (Å²) in [6.45, 7) is 4.13. The Hall–Kier alpha value is -0.770. The zero-order chi connectivity index (χ0) is 10.4. The molecule has 0 fully saturated rings. The molecule has 0 aliphatic heterocycles. The largest absolute Gasteiger partial charge is 0.352 e. The van der Waals surface area contributed by atoms with Crippen LogP contribution in [0.1, 0.15) is 19.0 Å². The summed E-state index contributed by atoms with van der Waals surface area (Å²) in [4.78, 5) is 8.45. The van der Waals surface area contributed by atoms with E-state index < -0.39 is 0 Å². The maximum Gasteiger partial charge on any atom is 0.223 e. The Morgan fingerprint density at radius 3 is 3.00 bits per heavy atom. The van der Waals surface area contributed by atoms with Crippen molar-refractivity contribution in [3.05, 3.63) is 18.0 Å². The Morgan fingerprint density at radius 1 is 1.57 bits per heavy atom. The highest BCUT2D eigenvalue weighted by atomic mass is 32.2. The van der Waals surface area contributed by atoms with E-state index in [1.807, 2.05) is 24.8 Å². The van der Waals surface area contributed by atoms with Crippen LogP contribution < -0.4 is 5.32 Å². The van der Waals surface area contributed by atoms with Crippen molar-refractivity contribution in [2.75, 3.05) is 17.3 Å². The van der Waals surface area contributed by atoms with Gasteiger partial charge in [-0.3, -0.25) is 0 Å². The van der Waals surface area contributed by atoms with Crippen molar-refractivity contribution in [1.82, 2.24) is 9.97 Å². The predicted molar refractivity (Wildman–Crippen MR) is 62.9 cm³/mol. The first-order valence-electron chi connectivity index (χ1n) is 4.77. The van der Waals surface area contributed by atoms with E-state index in [1.165, 1.54) is 5.75 Å². The van der Waals surface area contributed by atoms with Gasteiger partial charge in [-0.2, -0.15) is 11.8 Å². The van der Waals surface area contributed by atoms with Gasteiger partial charge in [0.05, 0.1) is 0 Å². The van der Waals surface area contributed by atoms with Crippen LogP contribution in [0.2, 0.25) is 0 Å². The Kier molecular flexibility index (Phi) is 4.73. The quantitative estimate of drug-likeness (QED) is 0.811. The number of hydrogen-bond donors (Lipinski definition) is 1. The highest BCUT2D eigenvalue weighted by Crippen LogP contribution is 2.06.